The summed E-state index contributed by atoms with van der Waals surface area (Å²) >= 11 is 0. The van der Waals surface area contributed by atoms with Gasteiger partial charge in [0.1, 0.15) is 0 Å². The molecule has 3 saturated carbocycles. The highest BCUT2D eigenvalue weighted by Gasteiger charge is 2.71. The Morgan fingerprint density at radius 3 is 2.29 bits per heavy atom. The molecule has 0 aromatic carbocycles. The molecule has 2 nitrogen and oxygen atoms in total. The van der Waals surface area contributed by atoms with E-state index in [1.165, 1.54) is 6.42 Å². The minimum atomic E-state index is -0.578. The predicted molar refractivity (Wildman–Crippen MR) is 67.5 cm³/mol. The summed E-state index contributed by atoms with van der Waals surface area (Å²) in [5, 5.41) is 21.2. The highest BCUT2D eigenvalue weighted by Crippen LogP contribution is 2.74. The van der Waals surface area contributed by atoms with Crippen LogP contribution < -0.4 is 0 Å². The molecule has 0 aliphatic heterocycles. The molecular formula is C15H26O2. The van der Waals surface area contributed by atoms with Gasteiger partial charge in [-0.25, -0.2) is 0 Å². The number of hydrogen-bond acceptors (Lipinski definition) is 2. The fourth-order valence-electron chi connectivity index (χ4n) is 5.42. The number of fused-ring (bicyclic) bond motifs is 3. The lowest BCUT2D eigenvalue weighted by atomic mass is 9.53. The lowest BCUT2D eigenvalue weighted by Gasteiger charge is -2.55. The zero-order valence-electron chi connectivity index (χ0n) is 11.5. The number of rotatable bonds is 0. The van der Waals surface area contributed by atoms with Gasteiger partial charge in [-0.05, 0) is 61.2 Å². The van der Waals surface area contributed by atoms with Crippen LogP contribution in [0, 0.1) is 28.6 Å². The summed E-state index contributed by atoms with van der Waals surface area (Å²) in [5.41, 5.74) is -0.259. The van der Waals surface area contributed by atoms with Gasteiger partial charge in [0.05, 0.1) is 11.7 Å². The second-order valence-corrected chi connectivity index (χ2v) is 7.89. The SMILES string of the molecule is CC1(O)CCC(O)C2(C)CCC3C(C12)C3(C)C. The van der Waals surface area contributed by atoms with Gasteiger partial charge in [-0.15, -0.1) is 0 Å². The molecule has 0 aromatic heterocycles. The van der Waals surface area contributed by atoms with Gasteiger partial charge in [-0.1, -0.05) is 20.8 Å². The molecule has 0 amide bonds. The van der Waals surface area contributed by atoms with Crippen LogP contribution in [0.15, 0.2) is 0 Å². The van der Waals surface area contributed by atoms with Crippen LogP contribution in [-0.2, 0) is 0 Å². The Balaban J connectivity index is 2.01. The summed E-state index contributed by atoms with van der Waals surface area (Å²) in [6, 6.07) is 0. The third-order valence-electron chi connectivity index (χ3n) is 6.56. The second kappa shape index (κ2) is 3.08. The van der Waals surface area contributed by atoms with Gasteiger partial charge < -0.3 is 10.2 Å². The van der Waals surface area contributed by atoms with Crippen molar-refractivity contribution in [3.8, 4) is 0 Å². The molecule has 2 N–H and O–H groups in total. The normalized spacial score (nSPS) is 60.4. The summed E-state index contributed by atoms with van der Waals surface area (Å²) in [6.45, 7) is 8.88. The van der Waals surface area contributed by atoms with Crippen molar-refractivity contribution in [3.63, 3.8) is 0 Å². The Labute approximate surface area is 104 Å². The molecule has 0 radical (unpaired) electrons. The molecule has 3 fully saturated rings. The van der Waals surface area contributed by atoms with Crippen LogP contribution >= 0.6 is 0 Å². The highest BCUT2D eigenvalue weighted by molar-refractivity contribution is 5.19. The Morgan fingerprint density at radius 1 is 1.00 bits per heavy atom. The van der Waals surface area contributed by atoms with Crippen LogP contribution in [0.3, 0.4) is 0 Å². The second-order valence-electron chi connectivity index (χ2n) is 7.89. The largest absolute Gasteiger partial charge is 0.393 e. The van der Waals surface area contributed by atoms with Gasteiger partial charge in [-0.2, -0.15) is 0 Å². The van der Waals surface area contributed by atoms with Crippen LogP contribution in [0.4, 0.5) is 0 Å². The molecule has 3 rings (SSSR count). The molecule has 17 heavy (non-hydrogen) atoms. The zero-order chi connectivity index (χ0) is 12.6. The van der Waals surface area contributed by atoms with E-state index in [0.29, 0.717) is 11.3 Å². The molecule has 0 heterocycles. The van der Waals surface area contributed by atoms with E-state index in [2.05, 4.69) is 20.8 Å². The van der Waals surface area contributed by atoms with Crippen molar-refractivity contribution < 1.29 is 10.2 Å². The van der Waals surface area contributed by atoms with Gasteiger partial charge in [-0.3, -0.25) is 0 Å². The topological polar surface area (TPSA) is 40.5 Å². The maximum absolute atomic E-state index is 10.8. The summed E-state index contributed by atoms with van der Waals surface area (Å²) in [4.78, 5) is 0. The zero-order valence-corrected chi connectivity index (χ0v) is 11.5. The van der Waals surface area contributed by atoms with E-state index in [1.807, 2.05) is 6.92 Å². The lowest BCUT2D eigenvalue weighted by molar-refractivity contribution is -0.173. The minimum absolute atomic E-state index is 0.0588. The molecule has 3 aliphatic rings. The quantitative estimate of drug-likeness (QED) is 0.681. The molecule has 6 unspecified atom stereocenters. The Morgan fingerprint density at radius 2 is 1.65 bits per heavy atom. The van der Waals surface area contributed by atoms with Crippen LogP contribution in [-0.4, -0.2) is 21.9 Å². The highest BCUT2D eigenvalue weighted by atomic mass is 16.3. The minimum Gasteiger partial charge on any atom is -0.393 e. The van der Waals surface area contributed by atoms with Crippen molar-refractivity contribution in [2.75, 3.05) is 0 Å². The van der Waals surface area contributed by atoms with Gasteiger partial charge in [0.25, 0.3) is 0 Å². The van der Waals surface area contributed by atoms with Crippen LogP contribution in [0.5, 0.6) is 0 Å². The molecule has 2 heteroatoms. The average molecular weight is 238 g/mol. The van der Waals surface area contributed by atoms with E-state index in [0.717, 1.165) is 25.2 Å². The molecule has 0 aromatic rings. The number of aliphatic hydroxyl groups excluding tert-OH is 1. The van der Waals surface area contributed by atoms with Gasteiger partial charge in [0.15, 0.2) is 0 Å². The summed E-state index contributed by atoms with van der Waals surface area (Å²) in [6.07, 6.45) is 3.62. The van der Waals surface area contributed by atoms with E-state index in [1.54, 1.807) is 0 Å². The van der Waals surface area contributed by atoms with Crippen LogP contribution in [0.2, 0.25) is 0 Å². The van der Waals surface area contributed by atoms with Gasteiger partial charge in [0, 0.05) is 0 Å². The van der Waals surface area contributed by atoms with Crippen molar-refractivity contribution in [2.45, 2.75) is 65.1 Å². The van der Waals surface area contributed by atoms with E-state index in [-0.39, 0.29) is 17.4 Å². The summed E-state index contributed by atoms with van der Waals surface area (Å²) < 4.78 is 0. The first-order valence-electron chi connectivity index (χ1n) is 7.12. The van der Waals surface area contributed by atoms with Gasteiger partial charge >= 0.3 is 0 Å². The Bertz CT molecular complexity index is 347. The van der Waals surface area contributed by atoms with E-state index >= 15 is 0 Å². The first kappa shape index (κ1) is 12.0. The van der Waals surface area contributed by atoms with Gasteiger partial charge in [0.2, 0.25) is 0 Å². The Kier molecular flexibility index (Phi) is 2.17. The fraction of sp³-hybridized carbons (Fsp3) is 1.00. The Hall–Kier alpha value is -0.0800. The van der Waals surface area contributed by atoms with Crippen molar-refractivity contribution in [1.82, 2.24) is 0 Å². The third-order valence-corrected chi connectivity index (χ3v) is 6.56. The molecular weight excluding hydrogens is 212 g/mol. The first-order valence-corrected chi connectivity index (χ1v) is 7.12. The first-order chi connectivity index (χ1) is 7.71. The maximum Gasteiger partial charge on any atom is 0.0657 e. The third kappa shape index (κ3) is 1.34. The fourth-order valence-corrected chi connectivity index (χ4v) is 5.42. The molecule has 98 valence electrons. The number of aliphatic hydroxyl groups is 2. The van der Waals surface area contributed by atoms with E-state index < -0.39 is 5.60 Å². The van der Waals surface area contributed by atoms with Crippen molar-refractivity contribution in [1.29, 1.82) is 0 Å². The standard InChI is InChI=1S/C15H26O2/c1-13(2)9-5-7-14(3)10(16)6-8-15(4,17)12(14)11(9)13/h9-12,16-17H,5-8H2,1-4H3. The molecule has 3 aliphatic carbocycles. The molecule has 0 saturated heterocycles. The smallest absolute Gasteiger partial charge is 0.0657 e. The van der Waals surface area contributed by atoms with Crippen LogP contribution in [0.1, 0.15) is 53.4 Å². The molecule has 0 spiro atoms. The summed E-state index contributed by atoms with van der Waals surface area (Å²) in [5.74, 6) is 1.68. The van der Waals surface area contributed by atoms with Crippen molar-refractivity contribution in [3.05, 3.63) is 0 Å². The van der Waals surface area contributed by atoms with Crippen molar-refractivity contribution >= 4 is 0 Å². The molecule has 6 atom stereocenters. The predicted octanol–water partition coefficient (Wildman–Crippen LogP) is 2.58. The van der Waals surface area contributed by atoms with E-state index in [4.69, 9.17) is 0 Å². The lowest BCUT2D eigenvalue weighted by Crippen LogP contribution is -2.57. The monoisotopic (exact) mass is 238 g/mol. The average Bonchev–Trinajstić information content (AvgIpc) is 2.75. The molecule has 0 bridgehead atoms. The van der Waals surface area contributed by atoms with E-state index in [9.17, 15) is 10.2 Å². The van der Waals surface area contributed by atoms with Crippen LogP contribution in [0.25, 0.3) is 0 Å². The summed E-state index contributed by atoms with van der Waals surface area (Å²) in [7, 11) is 0. The van der Waals surface area contributed by atoms with Crippen molar-refractivity contribution in [2.24, 2.45) is 28.6 Å². The number of hydrogen-bond donors (Lipinski definition) is 2. The maximum atomic E-state index is 10.8.